The summed E-state index contributed by atoms with van der Waals surface area (Å²) in [7, 11) is 0. The molecule has 0 spiro atoms. The lowest BCUT2D eigenvalue weighted by molar-refractivity contribution is -0.130. The largest absolute Gasteiger partial charge is 0.337 e. The average molecular weight is 443 g/mol. The van der Waals surface area contributed by atoms with Gasteiger partial charge < -0.3 is 14.3 Å². The second-order valence-electron chi connectivity index (χ2n) is 8.44. The van der Waals surface area contributed by atoms with Gasteiger partial charge in [-0.2, -0.15) is 4.98 Å². The van der Waals surface area contributed by atoms with E-state index in [1.165, 1.54) is 0 Å². The van der Waals surface area contributed by atoms with Crippen molar-refractivity contribution in [3.63, 3.8) is 0 Å². The molecule has 7 heteroatoms. The van der Waals surface area contributed by atoms with E-state index >= 15 is 0 Å². The molecule has 3 heterocycles. The molecule has 3 aromatic rings. The zero-order valence-corrected chi connectivity index (χ0v) is 18.4. The molecule has 2 amide bonds. The molecule has 1 atom stereocenters. The Balaban J connectivity index is 1.28. The molecule has 1 aromatic heterocycles. The summed E-state index contributed by atoms with van der Waals surface area (Å²) < 4.78 is 5.56. The Labute approximate surface area is 192 Å². The number of nitrogens with zero attached hydrogens (tertiary/aromatic N) is 4. The summed E-state index contributed by atoms with van der Waals surface area (Å²) in [4.78, 5) is 33.2. The molecule has 0 bridgehead atoms. The van der Waals surface area contributed by atoms with Gasteiger partial charge in [0, 0.05) is 36.8 Å². The first kappa shape index (κ1) is 21.1. The van der Waals surface area contributed by atoms with E-state index in [1.807, 2.05) is 70.5 Å². The average Bonchev–Trinajstić information content (AvgIpc) is 3.53. The smallest absolute Gasteiger partial charge is 0.249 e. The number of rotatable bonds is 5. The van der Waals surface area contributed by atoms with Crippen LogP contribution in [0.4, 0.5) is 5.69 Å². The first-order valence-electron chi connectivity index (χ1n) is 11.5. The van der Waals surface area contributed by atoms with Gasteiger partial charge in [0.05, 0.1) is 0 Å². The van der Waals surface area contributed by atoms with E-state index < -0.39 is 0 Å². The van der Waals surface area contributed by atoms with Gasteiger partial charge in [-0.15, -0.1) is 0 Å². The Hall–Kier alpha value is -3.74. The quantitative estimate of drug-likeness (QED) is 0.538. The molecule has 33 heavy (non-hydrogen) atoms. The van der Waals surface area contributed by atoms with E-state index in [0.717, 1.165) is 49.0 Å². The minimum atomic E-state index is -0.218. The molecule has 168 valence electrons. The first-order valence-corrected chi connectivity index (χ1v) is 11.5. The number of hydrogen-bond donors (Lipinski definition) is 0. The molecule has 0 N–H and O–H groups in total. The van der Waals surface area contributed by atoms with E-state index in [1.54, 1.807) is 6.08 Å². The number of benzene rings is 2. The van der Waals surface area contributed by atoms with Gasteiger partial charge in [0.1, 0.15) is 6.04 Å². The lowest BCUT2D eigenvalue weighted by Crippen LogP contribution is -2.37. The summed E-state index contributed by atoms with van der Waals surface area (Å²) in [5.74, 6) is 1.12. The maximum absolute atomic E-state index is 13.0. The standard InChI is InChI=1S/C26H26N4O3/c31-23-10-6-18-29(23)21-14-11-19(12-15-21)13-16-24(32)30-17-5-4-9-22(30)26-27-25(28-33-26)20-7-2-1-3-8-20/h1-3,7-8,11-16,22H,4-6,9-10,17-18H2/b16-13+/t22-/m0/s1. The molecule has 2 aliphatic rings. The summed E-state index contributed by atoms with van der Waals surface area (Å²) in [6, 6.07) is 17.2. The van der Waals surface area contributed by atoms with E-state index in [2.05, 4.69) is 10.1 Å². The van der Waals surface area contributed by atoms with Crippen molar-refractivity contribution in [2.75, 3.05) is 18.0 Å². The van der Waals surface area contributed by atoms with Gasteiger partial charge in [0.2, 0.25) is 23.5 Å². The molecule has 2 fully saturated rings. The fourth-order valence-electron chi connectivity index (χ4n) is 4.48. The SMILES string of the molecule is O=C1CCCN1c1ccc(/C=C/C(=O)N2CCCC[C@H]2c2nc(-c3ccccc3)no2)cc1. The molecule has 0 unspecified atom stereocenters. The lowest BCUT2D eigenvalue weighted by atomic mass is 10.0. The maximum atomic E-state index is 13.0. The Morgan fingerprint density at radius 3 is 2.58 bits per heavy atom. The molecule has 2 aliphatic heterocycles. The number of carbonyl (C=O) groups excluding carboxylic acids is 2. The predicted octanol–water partition coefficient (Wildman–Crippen LogP) is 4.63. The fourth-order valence-corrected chi connectivity index (χ4v) is 4.48. The summed E-state index contributed by atoms with van der Waals surface area (Å²) in [5, 5.41) is 4.13. The third-order valence-corrected chi connectivity index (χ3v) is 6.24. The normalized spacial score (nSPS) is 18.9. The topological polar surface area (TPSA) is 79.5 Å². The number of anilines is 1. The van der Waals surface area contributed by atoms with Gasteiger partial charge in [0.15, 0.2) is 0 Å². The number of aromatic nitrogens is 2. The van der Waals surface area contributed by atoms with Crippen molar-refractivity contribution in [3.8, 4) is 11.4 Å². The molecule has 0 aliphatic carbocycles. The van der Waals surface area contributed by atoms with E-state index in [9.17, 15) is 9.59 Å². The molecule has 0 saturated carbocycles. The summed E-state index contributed by atoms with van der Waals surface area (Å²) in [5.41, 5.74) is 2.71. The Morgan fingerprint density at radius 2 is 1.82 bits per heavy atom. The second kappa shape index (κ2) is 9.40. The molecular formula is C26H26N4O3. The molecule has 2 saturated heterocycles. The third-order valence-electron chi connectivity index (χ3n) is 6.24. The van der Waals surface area contributed by atoms with Crippen LogP contribution in [-0.4, -0.2) is 39.9 Å². The van der Waals surface area contributed by atoms with Gasteiger partial charge in [-0.3, -0.25) is 9.59 Å². The number of amides is 2. The highest BCUT2D eigenvalue weighted by Crippen LogP contribution is 2.31. The van der Waals surface area contributed by atoms with Crippen LogP contribution < -0.4 is 4.90 Å². The van der Waals surface area contributed by atoms with Gasteiger partial charge in [-0.05, 0) is 49.5 Å². The highest BCUT2D eigenvalue weighted by molar-refractivity contribution is 5.95. The van der Waals surface area contributed by atoms with Crippen LogP contribution in [0.25, 0.3) is 17.5 Å². The van der Waals surface area contributed by atoms with Crippen LogP contribution in [0.2, 0.25) is 0 Å². The highest BCUT2D eigenvalue weighted by Gasteiger charge is 2.31. The van der Waals surface area contributed by atoms with Gasteiger partial charge in [-0.1, -0.05) is 47.6 Å². The van der Waals surface area contributed by atoms with Crippen molar-refractivity contribution >= 4 is 23.6 Å². The molecule has 5 rings (SSSR count). The maximum Gasteiger partial charge on any atom is 0.249 e. The van der Waals surface area contributed by atoms with E-state index in [-0.39, 0.29) is 17.9 Å². The fraction of sp³-hybridized carbons (Fsp3) is 0.308. The van der Waals surface area contributed by atoms with Crippen molar-refractivity contribution in [2.24, 2.45) is 0 Å². The van der Waals surface area contributed by atoms with E-state index in [4.69, 9.17) is 4.52 Å². The van der Waals surface area contributed by atoms with Crippen LogP contribution in [-0.2, 0) is 9.59 Å². The van der Waals surface area contributed by atoms with Crippen LogP contribution in [0.1, 0.15) is 49.6 Å². The first-order chi connectivity index (χ1) is 16.2. The zero-order chi connectivity index (χ0) is 22.6. The van der Waals surface area contributed by atoms with Gasteiger partial charge in [-0.25, -0.2) is 0 Å². The monoisotopic (exact) mass is 442 g/mol. The van der Waals surface area contributed by atoms with Crippen molar-refractivity contribution in [1.82, 2.24) is 15.0 Å². The molecule has 0 radical (unpaired) electrons. The number of likely N-dealkylation sites (tertiary alicyclic amines) is 1. The van der Waals surface area contributed by atoms with E-state index in [0.29, 0.717) is 24.7 Å². The predicted molar refractivity (Wildman–Crippen MR) is 125 cm³/mol. The van der Waals surface area contributed by atoms with Crippen LogP contribution in [0.3, 0.4) is 0 Å². The minimum absolute atomic E-state index is 0.0713. The summed E-state index contributed by atoms with van der Waals surface area (Å²) >= 11 is 0. The van der Waals surface area contributed by atoms with Crippen LogP contribution >= 0.6 is 0 Å². The molecular weight excluding hydrogens is 416 g/mol. The van der Waals surface area contributed by atoms with Crippen LogP contribution in [0.5, 0.6) is 0 Å². The minimum Gasteiger partial charge on any atom is -0.337 e. The second-order valence-corrected chi connectivity index (χ2v) is 8.44. The highest BCUT2D eigenvalue weighted by atomic mass is 16.5. The van der Waals surface area contributed by atoms with Crippen molar-refractivity contribution in [2.45, 2.75) is 38.1 Å². The zero-order valence-electron chi connectivity index (χ0n) is 18.4. The van der Waals surface area contributed by atoms with Crippen LogP contribution in [0.15, 0.2) is 65.2 Å². The Kier molecular flexibility index (Phi) is 6.02. The van der Waals surface area contributed by atoms with Crippen molar-refractivity contribution in [1.29, 1.82) is 0 Å². The Morgan fingerprint density at radius 1 is 1.00 bits per heavy atom. The lowest BCUT2D eigenvalue weighted by Gasteiger charge is -2.32. The Bertz CT molecular complexity index is 1150. The van der Waals surface area contributed by atoms with Crippen LogP contribution in [0, 0.1) is 0 Å². The number of carbonyl (C=O) groups is 2. The summed E-state index contributed by atoms with van der Waals surface area (Å²) in [6.45, 7) is 1.43. The number of hydrogen-bond acceptors (Lipinski definition) is 5. The van der Waals surface area contributed by atoms with Gasteiger partial charge in [0.25, 0.3) is 0 Å². The van der Waals surface area contributed by atoms with Crippen molar-refractivity contribution in [3.05, 3.63) is 72.1 Å². The van der Waals surface area contributed by atoms with Crippen molar-refractivity contribution < 1.29 is 14.1 Å². The third kappa shape index (κ3) is 4.58. The number of piperidine rings is 1. The van der Waals surface area contributed by atoms with Gasteiger partial charge >= 0.3 is 0 Å². The molecule has 2 aromatic carbocycles. The summed E-state index contributed by atoms with van der Waals surface area (Å²) in [6.07, 6.45) is 7.69. The molecule has 7 nitrogen and oxygen atoms in total.